The summed E-state index contributed by atoms with van der Waals surface area (Å²) >= 11 is 6.48. The predicted octanol–water partition coefficient (Wildman–Crippen LogP) is 1.02. The Morgan fingerprint density at radius 1 is 1.27 bits per heavy atom. The summed E-state index contributed by atoms with van der Waals surface area (Å²) in [6.45, 7) is 10.2. The molecule has 3 aliphatic rings. The van der Waals surface area contributed by atoms with Crippen LogP contribution >= 0.6 is 11.6 Å². The van der Waals surface area contributed by atoms with Gasteiger partial charge in [0.25, 0.3) is 0 Å². The average Bonchev–Trinajstić information content (AvgIpc) is 2.80. The molecular formula is C24H46ClN7O. The van der Waals surface area contributed by atoms with Crippen molar-refractivity contribution in [3.63, 3.8) is 0 Å². The lowest BCUT2D eigenvalue weighted by atomic mass is 9.69. The predicted molar refractivity (Wildman–Crippen MR) is 136 cm³/mol. The first-order valence-corrected chi connectivity index (χ1v) is 13.3. The normalized spacial score (nSPS) is 32.9. The zero-order chi connectivity index (χ0) is 23.8. The van der Waals surface area contributed by atoms with Gasteiger partial charge in [-0.2, -0.15) is 0 Å². The zero-order valence-corrected chi connectivity index (χ0v) is 21.3. The number of halogens is 1. The molecule has 5 atom stereocenters. The van der Waals surface area contributed by atoms with Gasteiger partial charge in [-0.1, -0.05) is 38.3 Å². The number of piperidine rings is 1. The molecular weight excluding hydrogens is 438 g/mol. The van der Waals surface area contributed by atoms with Gasteiger partial charge in [0.15, 0.2) is 0 Å². The van der Waals surface area contributed by atoms with Crippen LogP contribution in [0.25, 0.3) is 0 Å². The van der Waals surface area contributed by atoms with Crippen LogP contribution < -0.4 is 32.7 Å². The van der Waals surface area contributed by atoms with E-state index in [0.717, 1.165) is 89.2 Å². The molecule has 9 heteroatoms. The van der Waals surface area contributed by atoms with Crippen molar-refractivity contribution in [3.8, 4) is 0 Å². The molecule has 0 aromatic heterocycles. The van der Waals surface area contributed by atoms with Crippen molar-refractivity contribution in [2.24, 2.45) is 22.8 Å². The van der Waals surface area contributed by atoms with Crippen LogP contribution in [-0.2, 0) is 4.79 Å². The van der Waals surface area contributed by atoms with Gasteiger partial charge in [-0.15, -0.1) is 0 Å². The maximum Gasteiger partial charge on any atom is 0.228 e. The van der Waals surface area contributed by atoms with E-state index in [1.54, 1.807) is 0 Å². The minimum Gasteiger partial charge on any atom is -0.386 e. The number of carbonyl (C=O) groups is 1. The molecule has 0 spiro atoms. The molecule has 33 heavy (non-hydrogen) atoms. The molecule has 0 aromatic rings. The van der Waals surface area contributed by atoms with Crippen LogP contribution in [0.3, 0.4) is 0 Å². The lowest BCUT2D eigenvalue weighted by Gasteiger charge is -2.44. The zero-order valence-electron chi connectivity index (χ0n) is 20.5. The fraction of sp³-hybridized carbons (Fsp3) is 0.875. The molecule has 2 saturated heterocycles. The lowest BCUT2D eigenvalue weighted by Crippen LogP contribution is -2.65. The number of piperazine rings is 1. The summed E-state index contributed by atoms with van der Waals surface area (Å²) in [7, 11) is 0. The minimum atomic E-state index is -0.750. The molecule has 8 N–H and O–H groups in total. The molecule has 3 rings (SSSR count). The van der Waals surface area contributed by atoms with Gasteiger partial charge in [0.1, 0.15) is 0 Å². The van der Waals surface area contributed by atoms with Crippen molar-refractivity contribution in [3.05, 3.63) is 11.2 Å². The van der Waals surface area contributed by atoms with Gasteiger partial charge in [0.2, 0.25) is 5.91 Å². The van der Waals surface area contributed by atoms with Crippen LogP contribution in [0.5, 0.6) is 0 Å². The summed E-state index contributed by atoms with van der Waals surface area (Å²) in [6, 6.07) is 0.228. The molecule has 1 amide bonds. The molecule has 8 nitrogen and oxygen atoms in total. The number of hydrogen-bond acceptors (Lipinski definition) is 7. The first-order chi connectivity index (χ1) is 15.9. The smallest absolute Gasteiger partial charge is 0.228 e. The number of nitrogens with one attached hydrogen (secondary N) is 4. The second-order valence-corrected chi connectivity index (χ2v) is 10.7. The van der Waals surface area contributed by atoms with E-state index in [1.165, 1.54) is 0 Å². The summed E-state index contributed by atoms with van der Waals surface area (Å²) in [6.07, 6.45) is 8.15. The third-order valence-corrected chi connectivity index (χ3v) is 8.37. The van der Waals surface area contributed by atoms with Gasteiger partial charge >= 0.3 is 0 Å². The summed E-state index contributed by atoms with van der Waals surface area (Å²) in [5.74, 6) is -0.583. The Morgan fingerprint density at radius 2 is 2.03 bits per heavy atom. The van der Waals surface area contributed by atoms with Crippen molar-refractivity contribution in [1.82, 2.24) is 26.2 Å². The van der Waals surface area contributed by atoms with Gasteiger partial charge in [-0.3, -0.25) is 9.69 Å². The highest BCUT2D eigenvalue weighted by atomic mass is 35.5. The monoisotopic (exact) mass is 483 g/mol. The first kappa shape index (κ1) is 26.7. The summed E-state index contributed by atoms with van der Waals surface area (Å²) < 4.78 is 0. The molecule has 3 aliphatic heterocycles. The van der Waals surface area contributed by atoms with E-state index in [2.05, 4.69) is 40.0 Å². The number of nitrogens with two attached hydrogens (primary N) is 2. The van der Waals surface area contributed by atoms with Crippen LogP contribution in [0.2, 0.25) is 0 Å². The SMILES string of the molecule is CCCC1(CC)CCC(Cl)=CNC(C(C(=O)NC2CNCCC2N2CCNCC2)C(N)N)C1. The number of rotatable bonds is 8. The fourth-order valence-corrected chi connectivity index (χ4v) is 6.27. The van der Waals surface area contributed by atoms with Crippen LogP contribution in [-0.4, -0.2) is 74.4 Å². The van der Waals surface area contributed by atoms with Crippen molar-refractivity contribution in [2.45, 2.75) is 83.1 Å². The van der Waals surface area contributed by atoms with Crippen molar-refractivity contribution in [2.75, 3.05) is 39.3 Å². The van der Waals surface area contributed by atoms with E-state index >= 15 is 0 Å². The Bertz CT molecular complexity index is 655. The van der Waals surface area contributed by atoms with Crippen molar-refractivity contribution < 1.29 is 4.79 Å². The maximum atomic E-state index is 13.7. The molecule has 3 heterocycles. The van der Waals surface area contributed by atoms with Crippen LogP contribution in [0.4, 0.5) is 0 Å². The molecule has 2 fully saturated rings. The number of hydrogen-bond donors (Lipinski definition) is 6. The number of carbonyl (C=O) groups excluding carboxylic acids is 1. The maximum absolute atomic E-state index is 13.7. The van der Waals surface area contributed by atoms with Crippen LogP contribution in [0, 0.1) is 11.3 Å². The third-order valence-electron chi connectivity index (χ3n) is 8.08. The van der Waals surface area contributed by atoms with Gasteiger partial charge in [-0.05, 0) is 44.1 Å². The Morgan fingerprint density at radius 3 is 2.70 bits per heavy atom. The van der Waals surface area contributed by atoms with E-state index in [-0.39, 0.29) is 23.4 Å². The third kappa shape index (κ3) is 7.05. The van der Waals surface area contributed by atoms with E-state index in [1.807, 2.05) is 6.20 Å². The second-order valence-electron chi connectivity index (χ2n) is 10.2. The van der Waals surface area contributed by atoms with Crippen LogP contribution in [0.15, 0.2) is 11.2 Å². The van der Waals surface area contributed by atoms with Gasteiger partial charge < -0.3 is 32.7 Å². The summed E-state index contributed by atoms with van der Waals surface area (Å²) in [4.78, 5) is 16.2. The first-order valence-electron chi connectivity index (χ1n) is 13.0. The highest BCUT2D eigenvalue weighted by molar-refractivity contribution is 6.29. The van der Waals surface area contributed by atoms with E-state index in [0.29, 0.717) is 6.04 Å². The highest BCUT2D eigenvalue weighted by Gasteiger charge is 2.41. The minimum absolute atomic E-state index is 0.0462. The van der Waals surface area contributed by atoms with E-state index < -0.39 is 12.1 Å². The standard InChI is InChI=1S/C24H46ClN7O/c1-3-7-24(4-2)8-5-17(25)15-30-18(14-24)21(22(26)27)23(33)31-19-16-29-9-6-20(19)32-12-10-28-11-13-32/h15,18-22,28-30H,3-14,16,26-27H2,1-2H3,(H,31,33). The average molecular weight is 484 g/mol. The molecule has 0 radical (unpaired) electrons. The lowest BCUT2D eigenvalue weighted by molar-refractivity contribution is -0.128. The Labute approximate surface area is 205 Å². The highest BCUT2D eigenvalue weighted by Crippen LogP contribution is 2.42. The molecule has 5 unspecified atom stereocenters. The molecule has 0 aliphatic carbocycles. The topological polar surface area (TPSA) is 120 Å². The fourth-order valence-electron chi connectivity index (χ4n) is 6.12. The summed E-state index contributed by atoms with van der Waals surface area (Å²) in [5, 5.41) is 14.5. The molecule has 0 saturated carbocycles. The number of amides is 1. The largest absolute Gasteiger partial charge is 0.386 e. The van der Waals surface area contributed by atoms with Gasteiger partial charge in [0.05, 0.1) is 18.1 Å². The van der Waals surface area contributed by atoms with E-state index in [9.17, 15) is 4.79 Å². The molecule has 0 aromatic carbocycles. The quantitative estimate of drug-likeness (QED) is 0.285. The van der Waals surface area contributed by atoms with Gasteiger partial charge in [-0.25, -0.2) is 0 Å². The van der Waals surface area contributed by atoms with Gasteiger partial charge in [0, 0.05) is 56.0 Å². The Hall–Kier alpha value is -0.900. The van der Waals surface area contributed by atoms with Crippen molar-refractivity contribution in [1.29, 1.82) is 0 Å². The number of allylic oxidation sites excluding steroid dienone is 1. The van der Waals surface area contributed by atoms with E-state index in [4.69, 9.17) is 23.1 Å². The Kier molecular flexibility index (Phi) is 10.3. The second kappa shape index (κ2) is 12.7. The van der Waals surface area contributed by atoms with Crippen molar-refractivity contribution >= 4 is 17.5 Å². The molecule has 190 valence electrons. The Balaban J connectivity index is 1.77. The molecule has 0 bridgehead atoms. The summed E-state index contributed by atoms with van der Waals surface area (Å²) in [5.41, 5.74) is 12.7. The number of nitrogens with zero attached hydrogens (tertiary/aromatic N) is 1. The van der Waals surface area contributed by atoms with Crippen LogP contribution in [0.1, 0.15) is 58.8 Å².